The van der Waals surface area contributed by atoms with Crippen molar-refractivity contribution in [2.75, 3.05) is 26.2 Å². The highest BCUT2D eigenvalue weighted by molar-refractivity contribution is 5.87. The second-order valence-corrected chi connectivity index (χ2v) is 4.87. The third-order valence-corrected chi connectivity index (χ3v) is 3.36. The zero-order chi connectivity index (χ0) is 14.8. The highest BCUT2D eigenvalue weighted by Crippen LogP contribution is 2.17. The first-order valence-electron chi connectivity index (χ1n) is 7.08. The molecule has 0 fully saturated rings. The molecule has 0 spiro atoms. The molecule has 0 aliphatic carbocycles. The Balaban J connectivity index is 2.82. The maximum absolute atomic E-state index is 9.16. The number of aliphatic hydroxyl groups excluding tert-OH is 1. The van der Waals surface area contributed by atoms with Gasteiger partial charge in [-0.1, -0.05) is 48.8 Å². The molecule has 0 saturated heterocycles. The third-order valence-electron chi connectivity index (χ3n) is 3.36. The van der Waals surface area contributed by atoms with Crippen LogP contribution in [0.1, 0.15) is 31.2 Å². The van der Waals surface area contributed by atoms with Gasteiger partial charge in [0, 0.05) is 13.1 Å². The summed E-state index contributed by atoms with van der Waals surface area (Å²) in [6.45, 7) is 4.39. The van der Waals surface area contributed by atoms with Gasteiger partial charge < -0.3 is 16.0 Å². The number of nitrogens with zero attached hydrogens (tertiary/aromatic N) is 2. The SMILES string of the molecule is CCCCN(CCO)CC(C(N)=NO)c1ccccc1. The molecule has 0 saturated carbocycles. The van der Waals surface area contributed by atoms with E-state index in [2.05, 4.69) is 17.0 Å². The zero-order valence-electron chi connectivity index (χ0n) is 12.1. The Morgan fingerprint density at radius 3 is 2.55 bits per heavy atom. The molecular formula is C15H25N3O2. The van der Waals surface area contributed by atoms with Gasteiger partial charge in [0.25, 0.3) is 0 Å². The van der Waals surface area contributed by atoms with Gasteiger partial charge in [-0.15, -0.1) is 0 Å². The maximum Gasteiger partial charge on any atom is 0.147 e. The zero-order valence-corrected chi connectivity index (χ0v) is 12.1. The van der Waals surface area contributed by atoms with Crippen molar-refractivity contribution in [1.82, 2.24) is 4.90 Å². The van der Waals surface area contributed by atoms with E-state index in [0.717, 1.165) is 24.9 Å². The van der Waals surface area contributed by atoms with Gasteiger partial charge in [-0.05, 0) is 18.5 Å². The van der Waals surface area contributed by atoms with Crippen molar-refractivity contribution in [3.63, 3.8) is 0 Å². The number of hydrogen-bond acceptors (Lipinski definition) is 4. The summed E-state index contributed by atoms with van der Waals surface area (Å²) in [5.41, 5.74) is 6.85. The molecule has 0 aliphatic rings. The summed E-state index contributed by atoms with van der Waals surface area (Å²) < 4.78 is 0. The summed E-state index contributed by atoms with van der Waals surface area (Å²) >= 11 is 0. The van der Waals surface area contributed by atoms with Crippen LogP contribution in [0.2, 0.25) is 0 Å². The first kappa shape index (κ1) is 16.5. The smallest absolute Gasteiger partial charge is 0.147 e. The molecular weight excluding hydrogens is 254 g/mol. The van der Waals surface area contributed by atoms with E-state index in [1.165, 1.54) is 0 Å². The minimum atomic E-state index is -0.162. The predicted molar refractivity (Wildman–Crippen MR) is 81.0 cm³/mol. The largest absolute Gasteiger partial charge is 0.409 e. The highest BCUT2D eigenvalue weighted by Gasteiger charge is 2.20. The van der Waals surface area contributed by atoms with E-state index in [1.54, 1.807) is 0 Å². The molecule has 0 amide bonds. The van der Waals surface area contributed by atoms with Crippen molar-refractivity contribution in [3.8, 4) is 0 Å². The molecule has 0 heterocycles. The second-order valence-electron chi connectivity index (χ2n) is 4.87. The van der Waals surface area contributed by atoms with Gasteiger partial charge in [-0.25, -0.2) is 0 Å². The van der Waals surface area contributed by atoms with Crippen molar-refractivity contribution in [2.24, 2.45) is 10.9 Å². The van der Waals surface area contributed by atoms with E-state index >= 15 is 0 Å². The molecule has 0 aliphatic heterocycles. The van der Waals surface area contributed by atoms with Gasteiger partial charge >= 0.3 is 0 Å². The quantitative estimate of drug-likeness (QED) is 0.277. The number of benzene rings is 1. The Bertz CT molecular complexity index is 395. The first-order chi connectivity index (χ1) is 9.72. The van der Waals surface area contributed by atoms with Gasteiger partial charge in [-0.3, -0.25) is 4.90 Å². The van der Waals surface area contributed by atoms with E-state index in [-0.39, 0.29) is 18.4 Å². The Morgan fingerprint density at radius 1 is 1.30 bits per heavy atom. The van der Waals surface area contributed by atoms with E-state index < -0.39 is 0 Å². The van der Waals surface area contributed by atoms with E-state index in [0.29, 0.717) is 13.1 Å². The predicted octanol–water partition coefficient (Wildman–Crippen LogP) is 1.61. The lowest BCUT2D eigenvalue weighted by molar-refractivity contribution is 0.192. The molecule has 112 valence electrons. The summed E-state index contributed by atoms with van der Waals surface area (Å²) in [4.78, 5) is 2.15. The lowest BCUT2D eigenvalue weighted by Gasteiger charge is -2.26. The molecule has 20 heavy (non-hydrogen) atoms. The first-order valence-corrected chi connectivity index (χ1v) is 7.08. The Labute approximate surface area is 120 Å². The molecule has 4 N–H and O–H groups in total. The monoisotopic (exact) mass is 279 g/mol. The average Bonchev–Trinajstić information content (AvgIpc) is 2.50. The normalized spacial score (nSPS) is 13.7. The van der Waals surface area contributed by atoms with Crippen LogP contribution in [0.5, 0.6) is 0 Å². The van der Waals surface area contributed by atoms with Crippen LogP contribution in [0, 0.1) is 0 Å². The molecule has 1 rings (SSSR count). The molecule has 1 unspecified atom stereocenters. The second kappa shape index (κ2) is 9.34. The van der Waals surface area contributed by atoms with E-state index in [4.69, 9.17) is 16.0 Å². The van der Waals surface area contributed by atoms with Crippen molar-refractivity contribution in [1.29, 1.82) is 0 Å². The van der Waals surface area contributed by atoms with Crippen LogP contribution in [0.3, 0.4) is 0 Å². The number of rotatable bonds is 9. The summed E-state index contributed by atoms with van der Waals surface area (Å²) in [6.07, 6.45) is 2.17. The molecule has 1 aromatic carbocycles. The van der Waals surface area contributed by atoms with Crippen molar-refractivity contribution < 1.29 is 10.3 Å². The molecule has 5 nitrogen and oxygen atoms in total. The molecule has 0 bridgehead atoms. The Morgan fingerprint density at radius 2 is 2.00 bits per heavy atom. The minimum Gasteiger partial charge on any atom is -0.409 e. The fourth-order valence-electron chi connectivity index (χ4n) is 2.20. The van der Waals surface area contributed by atoms with Crippen LogP contribution < -0.4 is 5.73 Å². The standard InChI is InChI=1S/C15H25N3O2/c1-2-3-9-18(10-11-19)12-14(15(16)17-20)13-7-5-4-6-8-13/h4-8,14,19-20H,2-3,9-12H2,1H3,(H2,16,17). The van der Waals surface area contributed by atoms with Gasteiger partial charge in [0.1, 0.15) is 5.84 Å². The van der Waals surface area contributed by atoms with Crippen molar-refractivity contribution >= 4 is 5.84 Å². The maximum atomic E-state index is 9.16. The highest BCUT2D eigenvalue weighted by atomic mass is 16.4. The molecule has 1 aromatic rings. The summed E-state index contributed by atoms with van der Waals surface area (Å²) in [5, 5.41) is 21.3. The summed E-state index contributed by atoms with van der Waals surface area (Å²) in [6, 6.07) is 9.76. The van der Waals surface area contributed by atoms with E-state index in [9.17, 15) is 0 Å². The van der Waals surface area contributed by atoms with Gasteiger partial charge in [0.2, 0.25) is 0 Å². The van der Waals surface area contributed by atoms with Crippen molar-refractivity contribution in [2.45, 2.75) is 25.7 Å². The van der Waals surface area contributed by atoms with E-state index in [1.807, 2.05) is 30.3 Å². The number of oxime groups is 1. The Hall–Kier alpha value is -1.59. The fraction of sp³-hybridized carbons (Fsp3) is 0.533. The lowest BCUT2D eigenvalue weighted by atomic mass is 9.97. The number of nitrogens with two attached hydrogens (primary N) is 1. The molecule has 0 aromatic heterocycles. The lowest BCUT2D eigenvalue weighted by Crippen LogP contribution is -2.37. The summed E-state index contributed by atoms with van der Waals surface area (Å²) in [7, 11) is 0. The summed E-state index contributed by atoms with van der Waals surface area (Å²) in [5.74, 6) is 0.0419. The fourth-order valence-corrected chi connectivity index (χ4v) is 2.20. The van der Waals surface area contributed by atoms with Crippen LogP contribution in [-0.4, -0.2) is 47.3 Å². The average molecular weight is 279 g/mol. The molecule has 1 atom stereocenters. The Kier molecular flexibility index (Phi) is 7.69. The number of hydrogen-bond donors (Lipinski definition) is 3. The minimum absolute atomic E-state index is 0.112. The van der Waals surface area contributed by atoms with Crippen molar-refractivity contribution in [3.05, 3.63) is 35.9 Å². The molecule has 0 radical (unpaired) electrons. The number of amidine groups is 1. The topological polar surface area (TPSA) is 82.1 Å². The van der Waals surface area contributed by atoms with Gasteiger partial charge in [-0.2, -0.15) is 0 Å². The van der Waals surface area contributed by atoms with Crippen LogP contribution in [0.15, 0.2) is 35.5 Å². The van der Waals surface area contributed by atoms with Gasteiger partial charge in [0.05, 0.1) is 12.5 Å². The number of aliphatic hydroxyl groups is 1. The van der Waals surface area contributed by atoms with Crippen LogP contribution in [0.25, 0.3) is 0 Å². The number of unbranched alkanes of at least 4 members (excludes halogenated alkanes) is 1. The van der Waals surface area contributed by atoms with Crippen LogP contribution in [0.4, 0.5) is 0 Å². The van der Waals surface area contributed by atoms with Crippen LogP contribution in [-0.2, 0) is 0 Å². The van der Waals surface area contributed by atoms with Crippen LogP contribution >= 0.6 is 0 Å². The molecule has 5 heteroatoms. The third kappa shape index (κ3) is 5.19. The van der Waals surface area contributed by atoms with Gasteiger partial charge in [0.15, 0.2) is 0 Å².